The first-order chi connectivity index (χ1) is 8.42. The normalized spacial score (nSPS) is 12.3. The zero-order valence-corrected chi connectivity index (χ0v) is 11.8. The second-order valence-electron chi connectivity index (χ2n) is 4.54. The lowest BCUT2D eigenvalue weighted by Gasteiger charge is -2.25. The average molecular weight is 259 g/mol. The molecule has 6 heteroatoms. The van der Waals surface area contributed by atoms with Gasteiger partial charge >= 0.3 is 12.0 Å². The molecule has 0 heterocycles. The molecule has 0 unspecified atom stereocenters. The van der Waals surface area contributed by atoms with Gasteiger partial charge in [0.05, 0.1) is 0 Å². The van der Waals surface area contributed by atoms with Gasteiger partial charge in [-0.05, 0) is 26.9 Å². The summed E-state index contributed by atoms with van der Waals surface area (Å²) in [6, 6.07) is -1.11. The van der Waals surface area contributed by atoms with Gasteiger partial charge in [0.25, 0.3) is 0 Å². The molecule has 2 N–H and O–H groups in total. The summed E-state index contributed by atoms with van der Waals surface area (Å²) in [5, 5.41) is 11.5. The van der Waals surface area contributed by atoms with E-state index in [4.69, 9.17) is 5.11 Å². The number of aliphatic carboxylic acids is 1. The Morgan fingerprint density at radius 2 is 1.78 bits per heavy atom. The Kier molecular flexibility index (Phi) is 8.11. The third-order valence-electron chi connectivity index (χ3n) is 2.60. The third kappa shape index (κ3) is 6.44. The summed E-state index contributed by atoms with van der Waals surface area (Å²) in [5.74, 6) is -0.991. The van der Waals surface area contributed by atoms with Crippen molar-refractivity contribution < 1.29 is 14.7 Å². The topological polar surface area (TPSA) is 72.9 Å². The number of carboxylic acids is 1. The molecule has 0 spiro atoms. The van der Waals surface area contributed by atoms with Crippen LogP contribution in [0.15, 0.2) is 0 Å². The monoisotopic (exact) mass is 259 g/mol. The summed E-state index contributed by atoms with van der Waals surface area (Å²) in [7, 11) is 3.88. The number of nitrogens with one attached hydrogen (secondary N) is 1. The number of carbonyl (C=O) groups is 2. The first-order valence-corrected chi connectivity index (χ1v) is 6.35. The van der Waals surface area contributed by atoms with Crippen LogP contribution in [0.4, 0.5) is 4.79 Å². The van der Waals surface area contributed by atoms with E-state index in [-0.39, 0.29) is 6.03 Å². The van der Waals surface area contributed by atoms with E-state index in [0.717, 1.165) is 13.0 Å². The van der Waals surface area contributed by atoms with Crippen molar-refractivity contribution in [1.29, 1.82) is 0 Å². The third-order valence-corrected chi connectivity index (χ3v) is 2.60. The number of amides is 2. The molecule has 2 amide bonds. The predicted molar refractivity (Wildman–Crippen MR) is 70.7 cm³/mol. The Morgan fingerprint density at radius 3 is 2.17 bits per heavy atom. The van der Waals surface area contributed by atoms with Crippen molar-refractivity contribution >= 4 is 12.0 Å². The molecule has 6 nitrogen and oxygen atoms in total. The van der Waals surface area contributed by atoms with Gasteiger partial charge in [0.1, 0.15) is 6.04 Å². The van der Waals surface area contributed by atoms with Crippen LogP contribution in [-0.2, 0) is 4.79 Å². The van der Waals surface area contributed by atoms with Crippen molar-refractivity contribution in [3.63, 3.8) is 0 Å². The van der Waals surface area contributed by atoms with Gasteiger partial charge in [-0.1, -0.05) is 13.8 Å². The largest absolute Gasteiger partial charge is 0.480 e. The molecule has 0 radical (unpaired) electrons. The SMILES string of the molecule is CCCN(CCN(C)C)C(=O)N[C@H](CC)C(=O)O. The van der Waals surface area contributed by atoms with E-state index >= 15 is 0 Å². The molecule has 18 heavy (non-hydrogen) atoms. The van der Waals surface area contributed by atoms with E-state index in [0.29, 0.717) is 19.5 Å². The number of hydrogen-bond acceptors (Lipinski definition) is 3. The molecule has 0 aromatic heterocycles. The second kappa shape index (κ2) is 8.74. The fourth-order valence-corrected chi connectivity index (χ4v) is 1.48. The van der Waals surface area contributed by atoms with E-state index < -0.39 is 12.0 Å². The molecule has 0 aromatic carbocycles. The number of rotatable bonds is 8. The zero-order chi connectivity index (χ0) is 14.1. The highest BCUT2D eigenvalue weighted by molar-refractivity contribution is 5.82. The Morgan fingerprint density at radius 1 is 1.17 bits per heavy atom. The average Bonchev–Trinajstić information content (AvgIpc) is 2.30. The van der Waals surface area contributed by atoms with Crippen molar-refractivity contribution in [3.8, 4) is 0 Å². The molecular weight excluding hydrogens is 234 g/mol. The van der Waals surface area contributed by atoms with E-state index in [1.807, 2.05) is 25.9 Å². The minimum Gasteiger partial charge on any atom is -0.480 e. The quantitative estimate of drug-likeness (QED) is 0.677. The maximum atomic E-state index is 12.0. The van der Waals surface area contributed by atoms with E-state index in [2.05, 4.69) is 5.32 Å². The standard InChI is InChI=1S/C12H25N3O3/c1-5-7-15(9-8-14(3)4)12(18)13-10(6-2)11(16)17/h10H,5-9H2,1-4H3,(H,13,18)(H,16,17)/t10-/m1/s1. The number of likely N-dealkylation sites (N-methyl/N-ethyl adjacent to an activating group) is 1. The van der Waals surface area contributed by atoms with Crippen LogP contribution in [0.2, 0.25) is 0 Å². The van der Waals surface area contributed by atoms with Gasteiger partial charge in [0, 0.05) is 19.6 Å². The lowest BCUT2D eigenvalue weighted by atomic mass is 10.2. The molecule has 0 aliphatic heterocycles. The zero-order valence-electron chi connectivity index (χ0n) is 11.8. The van der Waals surface area contributed by atoms with E-state index in [1.165, 1.54) is 0 Å². The van der Waals surface area contributed by atoms with Crippen LogP contribution in [-0.4, -0.2) is 66.7 Å². The number of nitrogens with zero attached hydrogens (tertiary/aromatic N) is 2. The molecule has 0 rings (SSSR count). The molecule has 0 saturated carbocycles. The molecule has 0 fully saturated rings. The van der Waals surface area contributed by atoms with Gasteiger partial charge in [-0.3, -0.25) is 0 Å². The lowest BCUT2D eigenvalue weighted by molar-refractivity contribution is -0.139. The number of carbonyl (C=O) groups excluding carboxylic acids is 1. The number of urea groups is 1. The van der Waals surface area contributed by atoms with Crippen LogP contribution in [0, 0.1) is 0 Å². The van der Waals surface area contributed by atoms with Crippen LogP contribution in [0.3, 0.4) is 0 Å². The second-order valence-corrected chi connectivity index (χ2v) is 4.54. The van der Waals surface area contributed by atoms with Gasteiger partial charge in [0.15, 0.2) is 0 Å². The highest BCUT2D eigenvalue weighted by Crippen LogP contribution is 1.97. The van der Waals surface area contributed by atoms with Crippen LogP contribution >= 0.6 is 0 Å². The predicted octanol–water partition coefficient (Wildman–Crippen LogP) is 0.833. The molecule has 0 bridgehead atoms. The molecule has 1 atom stereocenters. The molecule has 0 aliphatic rings. The number of carboxylic acid groups (broad SMARTS) is 1. The summed E-state index contributed by atoms with van der Waals surface area (Å²) in [6.45, 7) is 5.73. The summed E-state index contributed by atoms with van der Waals surface area (Å²) in [5.41, 5.74) is 0. The van der Waals surface area contributed by atoms with Crippen molar-refractivity contribution in [2.45, 2.75) is 32.7 Å². The minimum atomic E-state index is -0.991. The molecule has 0 saturated heterocycles. The lowest BCUT2D eigenvalue weighted by Crippen LogP contribution is -2.49. The van der Waals surface area contributed by atoms with Gasteiger partial charge in [0.2, 0.25) is 0 Å². The maximum absolute atomic E-state index is 12.0. The van der Waals surface area contributed by atoms with Gasteiger partial charge in [-0.25, -0.2) is 9.59 Å². The van der Waals surface area contributed by atoms with Crippen molar-refractivity contribution in [2.24, 2.45) is 0 Å². The fourth-order valence-electron chi connectivity index (χ4n) is 1.48. The highest BCUT2D eigenvalue weighted by Gasteiger charge is 2.20. The van der Waals surface area contributed by atoms with Gasteiger partial charge in [-0.2, -0.15) is 0 Å². The van der Waals surface area contributed by atoms with E-state index in [1.54, 1.807) is 11.8 Å². The Labute approximate surface area is 109 Å². The summed E-state index contributed by atoms with van der Waals surface area (Å²) < 4.78 is 0. The van der Waals surface area contributed by atoms with Crippen molar-refractivity contribution in [3.05, 3.63) is 0 Å². The first kappa shape index (κ1) is 16.7. The van der Waals surface area contributed by atoms with Crippen LogP contribution in [0.5, 0.6) is 0 Å². The van der Waals surface area contributed by atoms with Crippen LogP contribution in [0.25, 0.3) is 0 Å². The van der Waals surface area contributed by atoms with Crippen molar-refractivity contribution in [1.82, 2.24) is 15.1 Å². The summed E-state index contributed by atoms with van der Waals surface area (Å²) >= 11 is 0. The first-order valence-electron chi connectivity index (χ1n) is 6.35. The molecule has 0 aliphatic carbocycles. The Bertz CT molecular complexity index is 269. The minimum absolute atomic E-state index is 0.298. The summed E-state index contributed by atoms with van der Waals surface area (Å²) in [4.78, 5) is 26.5. The smallest absolute Gasteiger partial charge is 0.326 e. The molecule has 0 aromatic rings. The maximum Gasteiger partial charge on any atom is 0.326 e. The molecular formula is C12H25N3O3. The van der Waals surface area contributed by atoms with Gasteiger partial charge in [-0.15, -0.1) is 0 Å². The van der Waals surface area contributed by atoms with Gasteiger partial charge < -0.3 is 20.2 Å². The summed E-state index contributed by atoms with van der Waals surface area (Å²) in [6.07, 6.45) is 1.24. The fraction of sp³-hybridized carbons (Fsp3) is 0.833. The Hall–Kier alpha value is -1.30. The van der Waals surface area contributed by atoms with Crippen LogP contribution < -0.4 is 5.32 Å². The molecule has 106 valence electrons. The number of hydrogen-bond donors (Lipinski definition) is 2. The van der Waals surface area contributed by atoms with Crippen LogP contribution in [0.1, 0.15) is 26.7 Å². The Balaban J connectivity index is 4.40. The highest BCUT2D eigenvalue weighted by atomic mass is 16.4. The van der Waals surface area contributed by atoms with E-state index in [9.17, 15) is 9.59 Å². The van der Waals surface area contributed by atoms with Crippen molar-refractivity contribution in [2.75, 3.05) is 33.7 Å².